The smallest absolute Gasteiger partial charge is 0.337 e. The number of allylic oxidation sites excluding steroid dienone is 1. The van der Waals surface area contributed by atoms with Gasteiger partial charge in [-0.1, -0.05) is 50.3 Å². The summed E-state index contributed by atoms with van der Waals surface area (Å²) in [6.45, 7) is 5.62. The summed E-state index contributed by atoms with van der Waals surface area (Å²) in [5.41, 5.74) is 4.48. The van der Waals surface area contributed by atoms with Crippen molar-refractivity contribution < 1.29 is 19.1 Å². The van der Waals surface area contributed by atoms with E-state index in [0.29, 0.717) is 11.5 Å². The standard InChI is InChI=1S/C33H41N3O4/c1-22(2)31(37)40-33(21-25-12-14-26(33)20-27(25)23-9-6-5-7-10-23)16-18-36(3)17-8-11-30-34-28-15-13-24(32(38)39-4)19-29(28)35-30/h5-7,9-10,13,15,19-20,22,25-26H,8,11-12,14,16-18,21H2,1-4H3,(H,34,35)/t25-,26-,33+/m1/s1. The third kappa shape index (κ3) is 5.99. The molecule has 1 saturated carbocycles. The van der Waals surface area contributed by atoms with Gasteiger partial charge in [0.25, 0.3) is 0 Å². The Balaban J connectivity index is 1.21. The predicted molar refractivity (Wildman–Crippen MR) is 157 cm³/mol. The summed E-state index contributed by atoms with van der Waals surface area (Å²) in [7, 11) is 3.53. The number of hydrogen-bond donors (Lipinski definition) is 1. The van der Waals surface area contributed by atoms with Crippen molar-refractivity contribution in [3.63, 3.8) is 0 Å². The molecule has 0 radical (unpaired) electrons. The van der Waals surface area contributed by atoms with Crippen molar-refractivity contribution in [3.8, 4) is 0 Å². The number of H-pyrrole nitrogens is 1. The first kappa shape index (κ1) is 28.1. The van der Waals surface area contributed by atoms with Crippen molar-refractivity contribution in [1.29, 1.82) is 0 Å². The van der Waals surface area contributed by atoms with E-state index < -0.39 is 5.60 Å². The molecule has 1 aromatic heterocycles. The Morgan fingerprint density at radius 2 is 1.93 bits per heavy atom. The van der Waals surface area contributed by atoms with E-state index >= 15 is 0 Å². The Kier molecular flexibility index (Phi) is 8.40. The number of nitrogens with one attached hydrogen (secondary N) is 1. The lowest BCUT2D eigenvalue weighted by Gasteiger charge is -2.50. The number of benzene rings is 2. The molecule has 1 fully saturated rings. The highest BCUT2D eigenvalue weighted by Gasteiger charge is 2.50. The van der Waals surface area contributed by atoms with E-state index in [-0.39, 0.29) is 23.8 Å². The van der Waals surface area contributed by atoms with Crippen LogP contribution in [0, 0.1) is 17.8 Å². The molecule has 0 saturated heterocycles. The minimum atomic E-state index is -0.438. The Morgan fingerprint density at radius 3 is 2.62 bits per heavy atom. The maximum absolute atomic E-state index is 12.9. The van der Waals surface area contributed by atoms with Crippen LogP contribution in [0.25, 0.3) is 16.6 Å². The minimum absolute atomic E-state index is 0.0925. The summed E-state index contributed by atoms with van der Waals surface area (Å²) in [6.07, 6.45) is 8.13. The summed E-state index contributed by atoms with van der Waals surface area (Å²) in [5.74, 6) is 0.996. The highest BCUT2D eigenvalue weighted by atomic mass is 16.6. The van der Waals surface area contributed by atoms with Gasteiger partial charge in [0.15, 0.2) is 0 Å². The van der Waals surface area contributed by atoms with Crippen LogP contribution in [0.1, 0.15) is 67.7 Å². The van der Waals surface area contributed by atoms with Crippen LogP contribution in [0.2, 0.25) is 0 Å². The number of ether oxygens (including phenoxy) is 2. The lowest BCUT2D eigenvalue weighted by molar-refractivity contribution is -0.176. The van der Waals surface area contributed by atoms with Crippen molar-refractivity contribution >= 4 is 28.5 Å². The predicted octanol–water partition coefficient (Wildman–Crippen LogP) is 6.06. The SMILES string of the molecule is COC(=O)c1ccc2nc(CCCN(C)CC[C@]3(OC(=O)C(C)C)C[C@H]4CC[C@@H]3C=C4c3ccccc3)[nH]c2c1. The van der Waals surface area contributed by atoms with Gasteiger partial charge in [0.1, 0.15) is 11.4 Å². The van der Waals surface area contributed by atoms with Crippen LogP contribution >= 0.6 is 0 Å². The lowest BCUT2D eigenvalue weighted by atomic mass is 9.60. The van der Waals surface area contributed by atoms with Crippen molar-refractivity contribution in [2.75, 3.05) is 27.2 Å². The number of aromatic nitrogens is 2. The van der Waals surface area contributed by atoms with Gasteiger partial charge in [0, 0.05) is 25.3 Å². The summed E-state index contributed by atoms with van der Waals surface area (Å²) >= 11 is 0. The second-order valence-electron chi connectivity index (χ2n) is 11.8. The molecule has 7 heteroatoms. The Labute approximate surface area is 237 Å². The number of aromatic amines is 1. The van der Waals surface area contributed by atoms with E-state index in [4.69, 9.17) is 9.47 Å². The van der Waals surface area contributed by atoms with E-state index in [1.165, 1.54) is 18.2 Å². The molecule has 2 aromatic carbocycles. The number of imidazole rings is 1. The van der Waals surface area contributed by atoms with Crippen LogP contribution in [0.5, 0.6) is 0 Å². The first-order chi connectivity index (χ1) is 19.3. The number of methoxy groups -OCH3 is 1. The fourth-order valence-electron chi connectivity index (χ4n) is 6.34. The lowest BCUT2D eigenvalue weighted by Crippen LogP contribution is -2.51. The van der Waals surface area contributed by atoms with Crippen LogP contribution in [0.3, 0.4) is 0 Å². The van der Waals surface area contributed by atoms with Gasteiger partial charge in [-0.15, -0.1) is 0 Å². The molecule has 6 rings (SSSR count). The molecule has 3 aromatic rings. The normalized spacial score (nSPS) is 22.1. The molecular weight excluding hydrogens is 502 g/mol. The van der Waals surface area contributed by atoms with E-state index in [2.05, 4.69) is 58.3 Å². The van der Waals surface area contributed by atoms with E-state index in [9.17, 15) is 9.59 Å². The minimum Gasteiger partial charge on any atom is -0.465 e. The fraction of sp³-hybridized carbons (Fsp3) is 0.485. The molecule has 0 amide bonds. The van der Waals surface area contributed by atoms with Gasteiger partial charge in [-0.25, -0.2) is 9.78 Å². The third-order valence-electron chi connectivity index (χ3n) is 8.62. The summed E-state index contributed by atoms with van der Waals surface area (Å²) < 4.78 is 11.2. The molecule has 1 N–H and O–H groups in total. The third-order valence-corrected chi connectivity index (χ3v) is 8.62. The van der Waals surface area contributed by atoms with Crippen LogP contribution in [0.15, 0.2) is 54.6 Å². The van der Waals surface area contributed by atoms with Crippen LogP contribution < -0.4 is 0 Å². The number of carbonyl (C=O) groups is 2. The molecule has 0 unspecified atom stereocenters. The molecule has 212 valence electrons. The highest BCUT2D eigenvalue weighted by molar-refractivity contribution is 5.93. The topological polar surface area (TPSA) is 84.5 Å². The van der Waals surface area contributed by atoms with Gasteiger partial charge in [0.2, 0.25) is 0 Å². The second kappa shape index (κ2) is 12.0. The number of esters is 2. The molecule has 3 atom stereocenters. The van der Waals surface area contributed by atoms with Gasteiger partial charge in [-0.05, 0) is 74.5 Å². The van der Waals surface area contributed by atoms with Gasteiger partial charge in [-0.3, -0.25) is 4.79 Å². The quantitative estimate of drug-likeness (QED) is 0.296. The average molecular weight is 544 g/mol. The van der Waals surface area contributed by atoms with Crippen molar-refractivity contribution in [2.24, 2.45) is 17.8 Å². The maximum Gasteiger partial charge on any atom is 0.337 e. The van der Waals surface area contributed by atoms with E-state index in [1.54, 1.807) is 12.1 Å². The van der Waals surface area contributed by atoms with Crippen molar-refractivity contribution in [2.45, 2.75) is 58.0 Å². The van der Waals surface area contributed by atoms with Crippen LogP contribution in [-0.2, 0) is 20.7 Å². The van der Waals surface area contributed by atoms with E-state index in [0.717, 1.165) is 68.5 Å². The molecule has 3 aliphatic carbocycles. The number of carbonyl (C=O) groups excluding carboxylic acids is 2. The molecule has 7 nitrogen and oxygen atoms in total. The van der Waals surface area contributed by atoms with Crippen molar-refractivity contribution in [1.82, 2.24) is 14.9 Å². The number of fused-ring (bicyclic) bond motifs is 3. The molecule has 0 spiro atoms. The molecule has 1 heterocycles. The Morgan fingerprint density at radius 1 is 1.12 bits per heavy atom. The highest BCUT2D eigenvalue weighted by Crippen LogP contribution is 2.53. The van der Waals surface area contributed by atoms with Crippen LogP contribution in [0.4, 0.5) is 0 Å². The maximum atomic E-state index is 12.9. The largest absolute Gasteiger partial charge is 0.465 e. The van der Waals surface area contributed by atoms with E-state index in [1.807, 2.05) is 19.9 Å². The zero-order valence-corrected chi connectivity index (χ0v) is 24.1. The first-order valence-corrected chi connectivity index (χ1v) is 14.5. The van der Waals surface area contributed by atoms with Gasteiger partial charge in [-0.2, -0.15) is 0 Å². The summed E-state index contributed by atoms with van der Waals surface area (Å²) in [5, 5.41) is 0. The monoisotopic (exact) mass is 543 g/mol. The number of nitrogens with zero attached hydrogens (tertiary/aromatic N) is 2. The fourth-order valence-corrected chi connectivity index (χ4v) is 6.34. The summed E-state index contributed by atoms with van der Waals surface area (Å²) in [4.78, 5) is 35.1. The molecule has 3 aliphatic rings. The van der Waals surface area contributed by atoms with Crippen molar-refractivity contribution in [3.05, 3.63) is 71.6 Å². The van der Waals surface area contributed by atoms with Gasteiger partial charge < -0.3 is 19.4 Å². The number of rotatable bonds is 11. The van der Waals surface area contributed by atoms with Gasteiger partial charge >= 0.3 is 11.9 Å². The first-order valence-electron chi connectivity index (χ1n) is 14.5. The molecule has 40 heavy (non-hydrogen) atoms. The zero-order chi connectivity index (χ0) is 28.3. The average Bonchev–Trinajstić information content (AvgIpc) is 3.38. The summed E-state index contributed by atoms with van der Waals surface area (Å²) in [6, 6.07) is 16.0. The molecular formula is C33H41N3O4. The number of hydrogen-bond acceptors (Lipinski definition) is 6. The second-order valence-corrected chi connectivity index (χ2v) is 11.8. The van der Waals surface area contributed by atoms with Crippen LogP contribution in [-0.4, -0.2) is 59.7 Å². The zero-order valence-electron chi connectivity index (χ0n) is 24.1. The molecule has 0 aliphatic heterocycles. The Bertz CT molecular complexity index is 1380. The molecule has 2 bridgehead atoms. The Hall–Kier alpha value is -3.45. The number of aryl methyl sites for hydroxylation is 1. The van der Waals surface area contributed by atoms with Gasteiger partial charge in [0.05, 0.1) is 29.6 Å².